The monoisotopic (exact) mass is 318 g/mol. The van der Waals surface area contributed by atoms with Crippen LogP contribution in [0.2, 0.25) is 10.0 Å². The number of nitrogens with zero attached hydrogens (tertiary/aromatic N) is 1. The smallest absolute Gasteiger partial charge is 0.225 e. The third-order valence-electron chi connectivity index (χ3n) is 2.81. The van der Waals surface area contributed by atoms with Gasteiger partial charge in [-0.2, -0.15) is 0 Å². The Morgan fingerprint density at radius 3 is 2.70 bits per heavy atom. The Kier molecular flexibility index (Phi) is 7.92. The van der Waals surface area contributed by atoms with Gasteiger partial charge in [0.25, 0.3) is 0 Å². The van der Waals surface area contributed by atoms with Gasteiger partial charge >= 0.3 is 0 Å². The Labute approximate surface area is 129 Å². The standard InChI is InChI=1S/C14H20Cl2N2O2/c1-2-6-18(8-9-19)7-5-14(20)17-13-10-11(15)3-4-12(13)16/h3-4,10,19H,2,5-9H2,1H3,(H,17,20). The molecule has 20 heavy (non-hydrogen) atoms. The lowest BCUT2D eigenvalue weighted by Crippen LogP contribution is -2.31. The van der Waals surface area contributed by atoms with Gasteiger partial charge in [-0.05, 0) is 31.2 Å². The van der Waals surface area contributed by atoms with Gasteiger partial charge in [-0.25, -0.2) is 0 Å². The highest BCUT2D eigenvalue weighted by Crippen LogP contribution is 2.25. The lowest BCUT2D eigenvalue weighted by atomic mass is 10.3. The van der Waals surface area contributed by atoms with Crippen molar-refractivity contribution in [3.05, 3.63) is 28.2 Å². The van der Waals surface area contributed by atoms with Crippen LogP contribution < -0.4 is 5.32 Å². The molecule has 4 nitrogen and oxygen atoms in total. The predicted octanol–water partition coefficient (Wildman–Crippen LogP) is 3.03. The summed E-state index contributed by atoms with van der Waals surface area (Å²) in [6.45, 7) is 4.22. The summed E-state index contributed by atoms with van der Waals surface area (Å²) in [5, 5.41) is 12.7. The molecule has 6 heteroatoms. The molecule has 1 aromatic rings. The van der Waals surface area contributed by atoms with Crippen LogP contribution in [0.15, 0.2) is 18.2 Å². The highest BCUT2D eigenvalue weighted by atomic mass is 35.5. The van der Waals surface area contributed by atoms with Crippen LogP contribution in [-0.2, 0) is 4.79 Å². The fraction of sp³-hybridized carbons (Fsp3) is 0.500. The quantitative estimate of drug-likeness (QED) is 0.774. The Hall–Kier alpha value is -0.810. The molecule has 0 fully saturated rings. The third kappa shape index (κ3) is 6.09. The zero-order valence-corrected chi connectivity index (χ0v) is 13.0. The molecular weight excluding hydrogens is 299 g/mol. The summed E-state index contributed by atoms with van der Waals surface area (Å²) in [5.74, 6) is -0.117. The molecule has 1 aromatic carbocycles. The van der Waals surface area contributed by atoms with Crippen LogP contribution >= 0.6 is 23.2 Å². The van der Waals surface area contributed by atoms with Gasteiger partial charge in [0.2, 0.25) is 5.91 Å². The minimum Gasteiger partial charge on any atom is -0.395 e. The van der Waals surface area contributed by atoms with E-state index >= 15 is 0 Å². The molecule has 1 amide bonds. The molecule has 0 heterocycles. The fourth-order valence-corrected chi connectivity index (χ4v) is 2.20. The first-order valence-electron chi connectivity index (χ1n) is 6.65. The molecule has 0 aromatic heterocycles. The van der Waals surface area contributed by atoms with Crippen molar-refractivity contribution in [1.82, 2.24) is 4.90 Å². The zero-order valence-electron chi connectivity index (χ0n) is 11.5. The maximum atomic E-state index is 11.9. The van der Waals surface area contributed by atoms with E-state index in [1.807, 2.05) is 0 Å². The summed E-state index contributed by atoms with van der Waals surface area (Å²) in [6, 6.07) is 4.94. The van der Waals surface area contributed by atoms with Crippen LogP contribution in [-0.4, -0.2) is 42.2 Å². The summed E-state index contributed by atoms with van der Waals surface area (Å²) in [7, 11) is 0. The van der Waals surface area contributed by atoms with E-state index in [2.05, 4.69) is 17.1 Å². The summed E-state index contributed by atoms with van der Waals surface area (Å²) in [5.41, 5.74) is 0.522. The number of carbonyl (C=O) groups is 1. The predicted molar refractivity (Wildman–Crippen MR) is 83.5 cm³/mol. The molecule has 0 radical (unpaired) electrons. The van der Waals surface area contributed by atoms with Crippen LogP contribution in [0.1, 0.15) is 19.8 Å². The van der Waals surface area contributed by atoms with E-state index in [0.29, 0.717) is 35.2 Å². The van der Waals surface area contributed by atoms with Crippen LogP contribution in [0.25, 0.3) is 0 Å². The van der Waals surface area contributed by atoms with E-state index in [1.165, 1.54) is 0 Å². The number of hydrogen-bond donors (Lipinski definition) is 2. The minimum absolute atomic E-state index is 0.0989. The molecule has 0 bridgehead atoms. The largest absolute Gasteiger partial charge is 0.395 e. The summed E-state index contributed by atoms with van der Waals surface area (Å²) >= 11 is 11.8. The van der Waals surface area contributed by atoms with Gasteiger partial charge in [0.05, 0.1) is 17.3 Å². The maximum Gasteiger partial charge on any atom is 0.225 e. The van der Waals surface area contributed by atoms with Gasteiger partial charge in [0, 0.05) is 24.5 Å². The molecule has 1 rings (SSSR count). The van der Waals surface area contributed by atoms with Crippen LogP contribution in [0.4, 0.5) is 5.69 Å². The second-order valence-electron chi connectivity index (χ2n) is 4.49. The number of hydrogen-bond acceptors (Lipinski definition) is 3. The summed E-state index contributed by atoms with van der Waals surface area (Å²) in [4.78, 5) is 13.9. The van der Waals surface area contributed by atoms with Crippen molar-refractivity contribution in [2.45, 2.75) is 19.8 Å². The second kappa shape index (κ2) is 9.19. The van der Waals surface area contributed by atoms with Gasteiger partial charge in [-0.1, -0.05) is 30.1 Å². The molecule has 0 atom stereocenters. The molecule has 0 aliphatic carbocycles. The lowest BCUT2D eigenvalue weighted by Gasteiger charge is -2.20. The van der Waals surface area contributed by atoms with Crippen molar-refractivity contribution >= 4 is 34.8 Å². The molecule has 2 N–H and O–H groups in total. The Morgan fingerprint density at radius 1 is 1.30 bits per heavy atom. The molecule has 0 unspecified atom stereocenters. The highest BCUT2D eigenvalue weighted by molar-refractivity contribution is 6.35. The van der Waals surface area contributed by atoms with Crippen molar-refractivity contribution < 1.29 is 9.90 Å². The van der Waals surface area contributed by atoms with Crippen molar-refractivity contribution in [3.8, 4) is 0 Å². The zero-order chi connectivity index (χ0) is 15.0. The lowest BCUT2D eigenvalue weighted by molar-refractivity contribution is -0.116. The van der Waals surface area contributed by atoms with Crippen LogP contribution in [0.3, 0.4) is 0 Å². The van der Waals surface area contributed by atoms with Crippen molar-refractivity contribution in [2.75, 3.05) is 31.6 Å². The van der Waals surface area contributed by atoms with E-state index in [9.17, 15) is 4.79 Å². The van der Waals surface area contributed by atoms with Crippen molar-refractivity contribution in [2.24, 2.45) is 0 Å². The number of carbonyl (C=O) groups excluding carboxylic acids is 1. The second-order valence-corrected chi connectivity index (χ2v) is 5.33. The van der Waals surface area contributed by atoms with Gasteiger partial charge in [0.15, 0.2) is 0 Å². The van der Waals surface area contributed by atoms with E-state index in [1.54, 1.807) is 18.2 Å². The molecule has 0 saturated carbocycles. The average molecular weight is 319 g/mol. The first-order valence-corrected chi connectivity index (χ1v) is 7.40. The van der Waals surface area contributed by atoms with Crippen LogP contribution in [0, 0.1) is 0 Å². The van der Waals surface area contributed by atoms with E-state index < -0.39 is 0 Å². The fourth-order valence-electron chi connectivity index (χ4n) is 1.86. The van der Waals surface area contributed by atoms with Gasteiger partial charge in [-0.15, -0.1) is 0 Å². The van der Waals surface area contributed by atoms with Crippen LogP contribution in [0.5, 0.6) is 0 Å². The SMILES string of the molecule is CCCN(CCO)CCC(=O)Nc1cc(Cl)ccc1Cl. The number of benzene rings is 1. The molecule has 112 valence electrons. The number of aliphatic hydroxyl groups is 1. The Bertz CT molecular complexity index is 435. The normalized spacial score (nSPS) is 10.8. The van der Waals surface area contributed by atoms with Crippen molar-refractivity contribution in [1.29, 1.82) is 0 Å². The summed E-state index contributed by atoms with van der Waals surface area (Å²) in [6.07, 6.45) is 1.34. The molecule has 0 saturated heterocycles. The van der Waals surface area contributed by atoms with E-state index in [-0.39, 0.29) is 12.5 Å². The molecule has 0 aliphatic heterocycles. The first-order chi connectivity index (χ1) is 9.56. The van der Waals surface area contributed by atoms with E-state index in [0.717, 1.165) is 13.0 Å². The maximum absolute atomic E-state index is 11.9. The van der Waals surface area contributed by atoms with Gasteiger partial charge in [0.1, 0.15) is 0 Å². The number of anilines is 1. The highest BCUT2D eigenvalue weighted by Gasteiger charge is 2.09. The minimum atomic E-state index is -0.117. The topological polar surface area (TPSA) is 52.6 Å². The molecule has 0 aliphatic rings. The van der Waals surface area contributed by atoms with Gasteiger partial charge < -0.3 is 15.3 Å². The van der Waals surface area contributed by atoms with Crippen molar-refractivity contribution in [3.63, 3.8) is 0 Å². The molecular formula is C14H20Cl2N2O2. The first kappa shape index (κ1) is 17.2. The number of halogens is 2. The average Bonchev–Trinajstić information content (AvgIpc) is 2.41. The Morgan fingerprint density at radius 2 is 2.05 bits per heavy atom. The third-order valence-corrected chi connectivity index (χ3v) is 3.38. The summed E-state index contributed by atoms with van der Waals surface area (Å²) < 4.78 is 0. The number of amides is 1. The van der Waals surface area contributed by atoms with E-state index in [4.69, 9.17) is 28.3 Å². The Balaban J connectivity index is 2.48. The number of aliphatic hydroxyl groups excluding tert-OH is 1. The molecule has 0 spiro atoms. The van der Waals surface area contributed by atoms with Gasteiger partial charge in [-0.3, -0.25) is 4.79 Å². The number of rotatable bonds is 8. The number of nitrogens with one attached hydrogen (secondary N) is 1.